The van der Waals surface area contributed by atoms with Crippen LogP contribution in [0.3, 0.4) is 0 Å². The molecule has 3 unspecified atom stereocenters. The first-order valence-corrected chi connectivity index (χ1v) is 24.2. The molecule has 0 aliphatic carbocycles. The predicted molar refractivity (Wildman–Crippen MR) is 246 cm³/mol. The standard InChI is InChI=1S/C22H37N3O5S.C13H15BrO4.C5H11NO2.C3H5BrO/c1-2-15(13-20(28)29)23-19(27)12-6-4-3-5-9-16(26)10-7-8-11-18-21-17(14-31-18)24-22(30)25-21;1-2-11(15)7-13(17)18-8-12(16)9-3-5-10(14)6-4-9;1-2-4(6)3-5(7)8;1-3(5)2-4/h15,17-18,21H,2-14H2,1H3,(H,23,27)(H,28,29)(H2,24,25,30);3-6,11,15H,2,7-8H2,1H3;4H,2-3,6H2,1H3,(H,7,8);2H2,1H3/t15?,17-,18-,21-;;;/m0.../s1. The van der Waals surface area contributed by atoms with Crippen molar-refractivity contribution in [1.29, 1.82) is 0 Å². The first kappa shape index (κ1) is 58.6. The SMILES string of the molecule is CC(=O)CBr.CCC(CC(=O)O)NC(=O)CCCCCCC(=O)CCCC[C@@H]1SC[C@@H]2NC(=O)N[C@@H]21.CCC(N)CC(=O)O.CCC(O)CC(=O)OCC(=O)c1ccc(Br)cc1. The average Bonchev–Trinajstić information content (AvgIpc) is 3.78. The molecule has 8 N–H and O–H groups in total. The maximum Gasteiger partial charge on any atom is 0.315 e. The molecule has 0 radical (unpaired) electrons. The van der Waals surface area contributed by atoms with Crippen LogP contribution in [-0.4, -0.2) is 116 Å². The molecule has 1 aromatic carbocycles. The number of hydrogen-bond acceptors (Lipinski definition) is 12. The number of esters is 1. The highest BCUT2D eigenvalue weighted by atomic mass is 79.9. The van der Waals surface area contributed by atoms with E-state index >= 15 is 0 Å². The molecule has 19 heteroatoms. The van der Waals surface area contributed by atoms with Gasteiger partial charge in [-0.3, -0.25) is 33.6 Å². The number of hydrogen-bond donors (Lipinski definition) is 7. The van der Waals surface area contributed by atoms with Crippen molar-refractivity contribution in [2.75, 3.05) is 17.7 Å². The van der Waals surface area contributed by atoms with Crippen LogP contribution in [0, 0.1) is 0 Å². The lowest BCUT2D eigenvalue weighted by Crippen LogP contribution is -2.36. The number of thioether (sulfide) groups is 1. The van der Waals surface area contributed by atoms with Gasteiger partial charge in [-0.1, -0.05) is 84.0 Å². The van der Waals surface area contributed by atoms with Gasteiger partial charge in [-0.25, -0.2) is 4.79 Å². The van der Waals surface area contributed by atoms with Gasteiger partial charge in [0.05, 0.1) is 42.8 Å². The molecule has 352 valence electrons. The van der Waals surface area contributed by atoms with Crippen molar-refractivity contribution >= 4 is 90.8 Å². The lowest BCUT2D eigenvalue weighted by molar-refractivity contribution is -0.145. The maximum absolute atomic E-state index is 12.1. The van der Waals surface area contributed by atoms with Crippen molar-refractivity contribution in [3.8, 4) is 0 Å². The minimum Gasteiger partial charge on any atom is -0.481 e. The lowest BCUT2D eigenvalue weighted by atomic mass is 10.0. The summed E-state index contributed by atoms with van der Waals surface area (Å²) in [5.41, 5.74) is 5.78. The highest BCUT2D eigenvalue weighted by Crippen LogP contribution is 2.33. The number of ether oxygens (including phenoxy) is 1. The van der Waals surface area contributed by atoms with Crippen molar-refractivity contribution in [2.45, 2.75) is 166 Å². The first-order chi connectivity index (χ1) is 29.3. The van der Waals surface area contributed by atoms with Gasteiger partial charge >= 0.3 is 23.9 Å². The van der Waals surface area contributed by atoms with E-state index in [2.05, 4.69) is 47.8 Å². The second kappa shape index (κ2) is 35.0. The van der Waals surface area contributed by atoms with Crippen molar-refractivity contribution in [3.05, 3.63) is 34.3 Å². The van der Waals surface area contributed by atoms with Gasteiger partial charge in [0.2, 0.25) is 5.91 Å². The third-order valence-corrected chi connectivity index (χ3v) is 12.4. The van der Waals surface area contributed by atoms with Crippen molar-refractivity contribution in [1.82, 2.24) is 16.0 Å². The third kappa shape index (κ3) is 29.8. The molecule has 3 rings (SSSR count). The van der Waals surface area contributed by atoms with Crippen LogP contribution in [0.1, 0.15) is 141 Å². The highest BCUT2D eigenvalue weighted by molar-refractivity contribution is 9.10. The number of carboxylic acids is 2. The molecule has 62 heavy (non-hydrogen) atoms. The number of carbonyl (C=O) groups excluding carboxylic acids is 6. The van der Waals surface area contributed by atoms with E-state index in [0.717, 1.165) is 61.6 Å². The highest BCUT2D eigenvalue weighted by Gasteiger charge is 2.42. The maximum atomic E-state index is 12.1. The Labute approximate surface area is 387 Å². The van der Waals surface area contributed by atoms with E-state index in [4.69, 9.17) is 20.7 Å². The van der Waals surface area contributed by atoms with Gasteiger partial charge in [-0.05, 0) is 64.0 Å². The fourth-order valence-corrected chi connectivity index (χ4v) is 7.64. The topological polar surface area (TPSA) is 269 Å². The van der Waals surface area contributed by atoms with Gasteiger partial charge in [0.15, 0.2) is 12.4 Å². The Balaban J connectivity index is 0.00000100. The number of carboxylic acid groups (broad SMARTS) is 2. The number of alkyl halides is 1. The minimum atomic E-state index is -0.900. The van der Waals surface area contributed by atoms with E-state index in [1.165, 1.54) is 6.92 Å². The van der Waals surface area contributed by atoms with Crippen LogP contribution in [0.25, 0.3) is 0 Å². The van der Waals surface area contributed by atoms with E-state index in [0.29, 0.717) is 54.0 Å². The van der Waals surface area contributed by atoms with E-state index in [1.54, 1.807) is 31.2 Å². The van der Waals surface area contributed by atoms with Gasteiger partial charge in [0.25, 0.3) is 0 Å². The summed E-state index contributed by atoms with van der Waals surface area (Å²) in [5, 5.41) is 35.8. The fourth-order valence-electron chi connectivity index (χ4n) is 5.83. The number of unbranched alkanes of at least 4 members (excludes halogenated alkanes) is 4. The summed E-state index contributed by atoms with van der Waals surface area (Å²) in [6.07, 6.45) is 9.10. The van der Waals surface area contributed by atoms with Gasteiger partial charge in [0.1, 0.15) is 11.6 Å². The molecule has 2 aliphatic rings. The number of aliphatic hydroxyl groups is 1. The third-order valence-electron chi connectivity index (χ3n) is 9.57. The summed E-state index contributed by atoms with van der Waals surface area (Å²) >= 11 is 8.14. The zero-order valence-corrected chi connectivity index (χ0v) is 40.5. The van der Waals surface area contributed by atoms with Crippen LogP contribution in [-0.2, 0) is 33.5 Å². The number of aliphatic carboxylic acids is 2. The first-order valence-electron chi connectivity index (χ1n) is 21.2. The summed E-state index contributed by atoms with van der Waals surface area (Å²) in [7, 11) is 0. The van der Waals surface area contributed by atoms with Crippen LogP contribution in [0.5, 0.6) is 0 Å². The predicted octanol–water partition coefficient (Wildman–Crippen LogP) is 6.50. The quantitative estimate of drug-likeness (QED) is 0.0172. The number of rotatable bonds is 26. The van der Waals surface area contributed by atoms with Crippen LogP contribution in [0.2, 0.25) is 0 Å². The number of fused-ring (bicyclic) bond motifs is 1. The van der Waals surface area contributed by atoms with Gasteiger partial charge in [-0.15, -0.1) is 0 Å². The summed E-state index contributed by atoms with van der Waals surface area (Å²) in [5.74, 6) is -1.19. The van der Waals surface area contributed by atoms with Gasteiger partial charge in [-0.2, -0.15) is 11.8 Å². The minimum absolute atomic E-state index is 0.0429. The molecule has 6 atom stereocenters. The number of Topliss-reactive ketones (excluding diaryl/α,β-unsaturated/α-hetero) is 3. The van der Waals surface area contributed by atoms with Gasteiger partial charge < -0.3 is 41.7 Å². The van der Waals surface area contributed by atoms with Gasteiger partial charge in [0, 0.05) is 52.4 Å². The Morgan fingerprint density at radius 1 is 0.855 bits per heavy atom. The number of amides is 3. The second-order valence-corrected chi connectivity index (χ2v) is 17.8. The summed E-state index contributed by atoms with van der Waals surface area (Å²) in [4.78, 5) is 88.6. The fraction of sp³-hybridized carbons (Fsp3) is 0.674. The second-order valence-electron chi connectivity index (χ2n) is 15.0. The Kier molecular flexibility index (Phi) is 33.1. The summed E-state index contributed by atoms with van der Waals surface area (Å²) < 4.78 is 5.68. The molecule has 2 saturated heterocycles. The number of aliphatic hydroxyl groups excluding tert-OH is 1. The Hall–Kier alpha value is -3.39. The van der Waals surface area contributed by atoms with Crippen molar-refractivity contribution < 1.29 is 58.4 Å². The largest absolute Gasteiger partial charge is 0.481 e. The van der Waals surface area contributed by atoms with Crippen molar-refractivity contribution in [3.63, 3.8) is 0 Å². The molecule has 2 heterocycles. The van der Waals surface area contributed by atoms with Crippen molar-refractivity contribution in [2.24, 2.45) is 5.73 Å². The Morgan fingerprint density at radius 2 is 1.44 bits per heavy atom. The van der Waals surface area contributed by atoms with Crippen LogP contribution < -0.4 is 21.7 Å². The number of benzene rings is 1. The Bertz CT molecular complexity index is 1540. The molecule has 1 aromatic rings. The number of nitrogens with one attached hydrogen (secondary N) is 3. The smallest absolute Gasteiger partial charge is 0.315 e. The number of nitrogens with two attached hydrogens (primary N) is 1. The van der Waals surface area contributed by atoms with E-state index in [1.807, 2.05) is 25.6 Å². The van der Waals surface area contributed by atoms with Crippen LogP contribution >= 0.6 is 43.6 Å². The molecule has 16 nitrogen and oxygen atoms in total. The van der Waals surface area contributed by atoms with Crippen LogP contribution in [0.4, 0.5) is 4.79 Å². The molecular weight excluding hydrogens is 956 g/mol. The molecule has 2 aliphatic heterocycles. The molecule has 2 fully saturated rings. The molecule has 0 aromatic heterocycles. The number of urea groups is 1. The van der Waals surface area contributed by atoms with E-state index in [9.17, 15) is 43.5 Å². The molecule has 0 bridgehead atoms. The molecule has 3 amide bonds. The summed E-state index contributed by atoms with van der Waals surface area (Å²) in [6, 6.07) is 6.76. The van der Waals surface area contributed by atoms with E-state index < -0.39 is 24.0 Å². The number of halogens is 2. The lowest BCUT2D eigenvalue weighted by Gasteiger charge is -2.16. The monoisotopic (exact) mass is 1020 g/mol. The molecular formula is C43H68Br2N4O12S. The van der Waals surface area contributed by atoms with Crippen LogP contribution in [0.15, 0.2) is 28.7 Å². The number of ketones is 3. The number of carbonyl (C=O) groups is 8. The zero-order chi connectivity index (χ0) is 47.0. The Morgan fingerprint density at radius 3 is 1.95 bits per heavy atom. The average molecular weight is 1020 g/mol. The van der Waals surface area contributed by atoms with E-state index in [-0.39, 0.29) is 73.5 Å². The molecule has 0 spiro atoms. The summed E-state index contributed by atoms with van der Waals surface area (Å²) in [6.45, 7) is 6.74. The zero-order valence-electron chi connectivity index (χ0n) is 36.5. The molecule has 0 saturated carbocycles. The normalized spacial score (nSPS) is 17.3.